The second kappa shape index (κ2) is 3.03. The molecule has 0 aromatic rings. The monoisotopic (exact) mass is 207 g/mol. The molecular weight excluding hydrogens is 193 g/mol. The first kappa shape index (κ1) is 9.10. The Morgan fingerprint density at radius 1 is 1.25 bits per heavy atom. The van der Waals surface area contributed by atoms with Gasteiger partial charge in [-0.3, -0.25) is 0 Å². The quantitative estimate of drug-likeness (QED) is 0.591. The first-order valence-electron chi connectivity index (χ1n) is 4.38. The van der Waals surface area contributed by atoms with Crippen molar-refractivity contribution in [1.29, 1.82) is 0 Å². The average Bonchev–Trinajstić information content (AvgIpc) is 2.42. The Balaban J connectivity index is 1.95. The summed E-state index contributed by atoms with van der Waals surface area (Å²) in [5, 5.41) is 2.79. The molecule has 2 aliphatic rings. The third-order valence-electron chi connectivity index (χ3n) is 3.07. The Morgan fingerprint density at radius 3 is 2.42 bits per heavy atom. The average molecular weight is 207 g/mol. The van der Waals surface area contributed by atoms with Crippen molar-refractivity contribution in [3.63, 3.8) is 0 Å². The molecule has 12 heavy (non-hydrogen) atoms. The summed E-state index contributed by atoms with van der Waals surface area (Å²) < 4.78 is 0. The molecule has 0 aromatic carbocycles. The maximum Gasteiger partial charge on any atom is 0.256 e. The van der Waals surface area contributed by atoms with Crippen molar-refractivity contribution in [3.05, 3.63) is 0 Å². The van der Waals surface area contributed by atoms with Crippen molar-refractivity contribution in [2.45, 2.75) is 31.7 Å². The smallest absolute Gasteiger partial charge is 0.256 e. The van der Waals surface area contributed by atoms with Crippen molar-refractivity contribution in [2.24, 2.45) is 11.8 Å². The lowest BCUT2D eigenvalue weighted by atomic mass is 9.96. The molecule has 0 aromatic heterocycles. The Bertz CT molecular complexity index is 229. The summed E-state index contributed by atoms with van der Waals surface area (Å²) in [4.78, 5) is 18.2. The van der Waals surface area contributed by atoms with Crippen LogP contribution in [-0.4, -0.2) is 15.8 Å². The van der Waals surface area contributed by atoms with E-state index in [2.05, 4.69) is 16.9 Å². The van der Waals surface area contributed by atoms with Gasteiger partial charge in [0.25, 0.3) is 6.64 Å². The number of hydrogen-bond acceptors (Lipinski definition) is 1. The van der Waals surface area contributed by atoms with Crippen LogP contribution in [0.15, 0.2) is 0 Å². The Kier molecular flexibility index (Phi) is 2.30. The van der Waals surface area contributed by atoms with Crippen LogP contribution in [0.25, 0.3) is 0 Å². The maximum atomic E-state index is 9.08. The van der Waals surface area contributed by atoms with Crippen LogP contribution in [0.3, 0.4) is 0 Å². The van der Waals surface area contributed by atoms with E-state index in [9.17, 15) is 0 Å². The van der Waals surface area contributed by atoms with Crippen molar-refractivity contribution in [2.75, 3.05) is 0 Å². The van der Waals surface area contributed by atoms with Crippen LogP contribution >= 0.6 is 6.64 Å². The zero-order valence-electron chi connectivity index (χ0n) is 6.81. The molecule has 3 atom stereocenters. The van der Waals surface area contributed by atoms with E-state index < -0.39 is 6.64 Å². The second-order valence-electron chi connectivity index (χ2n) is 3.95. The van der Waals surface area contributed by atoms with E-state index in [4.69, 9.17) is 9.79 Å². The van der Waals surface area contributed by atoms with Gasteiger partial charge < -0.3 is 9.79 Å². The third-order valence-corrected chi connectivity index (χ3v) is 4.06. The van der Waals surface area contributed by atoms with Gasteiger partial charge in [0, 0.05) is 6.04 Å². The van der Waals surface area contributed by atoms with Crippen LogP contribution in [-0.2, 0) is 11.8 Å². The minimum atomic E-state index is -3.16. The molecule has 0 amide bonds. The van der Waals surface area contributed by atoms with E-state index >= 15 is 0 Å². The molecule has 2 rings (SSSR count). The normalized spacial score (nSPS) is 40.7. The fourth-order valence-electron chi connectivity index (χ4n) is 2.62. The van der Waals surface area contributed by atoms with Gasteiger partial charge in [-0.25, -0.2) is 5.09 Å². The Morgan fingerprint density at radius 2 is 2.00 bits per heavy atom. The minimum absolute atomic E-state index is 0.282. The summed E-state index contributed by atoms with van der Waals surface area (Å²) in [6, 6.07) is 0.282. The molecule has 0 heterocycles. The number of hydrogen-bond donors (Lipinski definition) is 3. The zero-order valence-corrected chi connectivity index (χ0v) is 8.52. The molecule has 70 valence electrons. The molecule has 0 saturated heterocycles. The molecule has 0 spiro atoms. The Labute approximate surface area is 77.4 Å². The minimum Gasteiger partial charge on any atom is -0.334 e. The fourth-order valence-corrected chi connectivity index (χ4v) is 3.77. The third kappa shape index (κ3) is 1.88. The predicted octanol–water partition coefficient (Wildman–Crippen LogP) is 0.974. The summed E-state index contributed by atoms with van der Waals surface area (Å²) in [6.45, 7) is -3.16. The summed E-state index contributed by atoms with van der Waals surface area (Å²) in [5.41, 5.74) is 0. The Hall–Kier alpha value is 0.530. The summed E-state index contributed by atoms with van der Waals surface area (Å²) in [6.07, 6.45) is 4.90. The van der Waals surface area contributed by atoms with Gasteiger partial charge in [-0.15, -0.1) is 0 Å². The van der Waals surface area contributed by atoms with Gasteiger partial charge in [-0.2, -0.15) is 0 Å². The van der Waals surface area contributed by atoms with Gasteiger partial charge >= 0.3 is 0 Å². The highest BCUT2D eigenvalue weighted by atomic mass is 32.5. The summed E-state index contributed by atoms with van der Waals surface area (Å²) in [7, 11) is 0. The van der Waals surface area contributed by atoms with E-state index in [-0.39, 0.29) is 6.04 Å². The highest BCUT2D eigenvalue weighted by Gasteiger charge is 2.40. The van der Waals surface area contributed by atoms with Crippen LogP contribution in [0.4, 0.5) is 0 Å². The first-order chi connectivity index (χ1) is 5.54. The molecule has 2 bridgehead atoms. The highest BCUT2D eigenvalue weighted by molar-refractivity contribution is 8.08. The van der Waals surface area contributed by atoms with Crippen LogP contribution in [0.5, 0.6) is 0 Å². The van der Waals surface area contributed by atoms with E-state index in [0.29, 0.717) is 5.92 Å². The lowest BCUT2D eigenvalue weighted by Gasteiger charge is -2.24. The molecule has 3 N–H and O–H groups in total. The van der Waals surface area contributed by atoms with Gasteiger partial charge in [-0.1, -0.05) is 6.42 Å². The van der Waals surface area contributed by atoms with Gasteiger partial charge in [-0.05, 0) is 42.9 Å². The second-order valence-corrected chi connectivity index (χ2v) is 6.83. The fraction of sp³-hybridized carbons (Fsp3) is 1.00. The van der Waals surface area contributed by atoms with E-state index in [1.807, 2.05) is 0 Å². The summed E-state index contributed by atoms with van der Waals surface area (Å²) >= 11 is 4.55. The molecule has 3 nitrogen and oxygen atoms in total. The molecule has 2 fully saturated rings. The summed E-state index contributed by atoms with van der Waals surface area (Å²) in [5.74, 6) is 1.46. The number of nitrogens with one attached hydrogen (secondary N) is 1. The topological polar surface area (TPSA) is 52.5 Å². The van der Waals surface area contributed by atoms with Crippen LogP contribution in [0, 0.1) is 11.8 Å². The van der Waals surface area contributed by atoms with Crippen molar-refractivity contribution < 1.29 is 9.79 Å². The lowest BCUT2D eigenvalue weighted by molar-refractivity contribution is 0.365. The van der Waals surface area contributed by atoms with Gasteiger partial charge in [0.15, 0.2) is 0 Å². The number of fused-ring (bicyclic) bond motifs is 2. The first-order valence-corrected chi connectivity index (χ1v) is 7.09. The molecule has 3 unspecified atom stereocenters. The molecule has 0 aliphatic heterocycles. The lowest BCUT2D eigenvalue weighted by Crippen LogP contribution is -2.31. The maximum absolute atomic E-state index is 9.08. The van der Waals surface area contributed by atoms with Gasteiger partial charge in [0.2, 0.25) is 0 Å². The van der Waals surface area contributed by atoms with Gasteiger partial charge in [0.05, 0.1) is 0 Å². The SMILES string of the molecule is OP(O)(=S)NC1CC2CCC1C2. The van der Waals surface area contributed by atoms with E-state index in [1.54, 1.807) is 0 Å². The highest BCUT2D eigenvalue weighted by Crippen LogP contribution is 2.47. The van der Waals surface area contributed by atoms with Crippen molar-refractivity contribution in [3.8, 4) is 0 Å². The van der Waals surface area contributed by atoms with Crippen molar-refractivity contribution >= 4 is 18.4 Å². The van der Waals surface area contributed by atoms with E-state index in [0.717, 1.165) is 12.3 Å². The molecule has 2 saturated carbocycles. The molecule has 5 heteroatoms. The molecule has 0 radical (unpaired) electrons. The predicted molar refractivity (Wildman–Crippen MR) is 51.1 cm³/mol. The van der Waals surface area contributed by atoms with Crippen LogP contribution in [0.2, 0.25) is 0 Å². The molecular formula is C7H14NO2PS. The van der Waals surface area contributed by atoms with Crippen LogP contribution < -0.4 is 5.09 Å². The molecule has 2 aliphatic carbocycles. The number of rotatable bonds is 2. The zero-order chi connectivity index (χ0) is 8.77. The van der Waals surface area contributed by atoms with E-state index in [1.165, 1.54) is 19.3 Å². The van der Waals surface area contributed by atoms with Crippen molar-refractivity contribution in [1.82, 2.24) is 5.09 Å². The standard InChI is InChI=1S/C7H14NO2PS/c9-11(10,12)8-7-4-5-1-2-6(7)3-5/h5-7H,1-4H2,(H3,8,9,10,12). The van der Waals surface area contributed by atoms with Crippen LogP contribution in [0.1, 0.15) is 25.7 Å². The van der Waals surface area contributed by atoms with Gasteiger partial charge in [0.1, 0.15) is 0 Å². The largest absolute Gasteiger partial charge is 0.334 e.